The predicted octanol–water partition coefficient (Wildman–Crippen LogP) is -0.310. The Balaban J connectivity index is 1.48. The lowest BCUT2D eigenvalue weighted by atomic mass is 10.0. The highest BCUT2D eigenvalue weighted by Gasteiger charge is 2.54. The summed E-state index contributed by atoms with van der Waals surface area (Å²) < 4.78 is 4.69. The molecule has 176 valence electrons. The number of hydrogen-bond donors (Lipinski definition) is 4. The number of carbonyl (C=O) groups excluding carboxylic acids is 3. The van der Waals surface area contributed by atoms with Crippen molar-refractivity contribution in [3.8, 4) is 0 Å². The van der Waals surface area contributed by atoms with Crippen LogP contribution in [0.4, 0.5) is 9.93 Å². The number of anilines is 1. The first-order valence-electron chi connectivity index (χ1n) is 9.80. The molecule has 33 heavy (non-hydrogen) atoms. The number of nitrogens with two attached hydrogens (primary N) is 2. The van der Waals surface area contributed by atoms with Gasteiger partial charge in [0.1, 0.15) is 36.0 Å². The van der Waals surface area contributed by atoms with E-state index in [4.69, 9.17) is 16.3 Å². The maximum Gasteiger partial charge on any atom is 0.404 e. The number of carbonyl (C=O) groups is 4. The maximum absolute atomic E-state index is 12.9. The van der Waals surface area contributed by atoms with E-state index in [1.54, 1.807) is 5.38 Å². The summed E-state index contributed by atoms with van der Waals surface area (Å²) in [6, 6.07) is -0.986. The third-order valence-corrected chi connectivity index (χ3v) is 7.08. The van der Waals surface area contributed by atoms with Crippen LogP contribution >= 0.6 is 23.1 Å². The lowest BCUT2D eigenvalue weighted by molar-refractivity contribution is -0.150. The van der Waals surface area contributed by atoms with Gasteiger partial charge < -0.3 is 31.5 Å². The number of nitrogens with one attached hydrogen (secondary N) is 1. The van der Waals surface area contributed by atoms with Crippen LogP contribution in [-0.4, -0.2) is 75.0 Å². The summed E-state index contributed by atoms with van der Waals surface area (Å²) in [5.41, 5.74) is 10.6. The fourth-order valence-corrected chi connectivity index (χ4v) is 5.13. The molecule has 3 amide bonds. The number of β-lactam (4-membered cyclic amide) rings is 1. The molecule has 0 aromatic carbocycles. The fraction of sp³-hybridized carbons (Fsp3) is 0.444. The number of nitrogens with zero attached hydrogens (tertiary/aromatic N) is 3. The number of thiazole rings is 1. The number of carboxylic acid groups (broad SMARTS) is 1. The smallest absolute Gasteiger partial charge is 0.404 e. The van der Waals surface area contributed by atoms with Crippen molar-refractivity contribution in [1.29, 1.82) is 0 Å². The average molecular weight is 497 g/mol. The van der Waals surface area contributed by atoms with Crippen LogP contribution in [0, 0.1) is 5.92 Å². The first-order chi connectivity index (χ1) is 15.8. The van der Waals surface area contributed by atoms with Gasteiger partial charge in [-0.1, -0.05) is 5.16 Å². The van der Waals surface area contributed by atoms with E-state index in [0.29, 0.717) is 12.5 Å². The van der Waals surface area contributed by atoms with E-state index in [1.165, 1.54) is 11.8 Å². The number of aliphatic carboxylic acids is 1. The van der Waals surface area contributed by atoms with E-state index in [-0.39, 0.29) is 40.2 Å². The molecular formula is C18H20N6O7S2. The molecule has 0 unspecified atom stereocenters. The molecular weight excluding hydrogens is 476 g/mol. The number of nitrogen functional groups attached to an aromatic ring is 1. The van der Waals surface area contributed by atoms with Crippen LogP contribution in [0.25, 0.3) is 0 Å². The Kier molecular flexibility index (Phi) is 6.42. The third kappa shape index (κ3) is 4.88. The Morgan fingerprint density at radius 3 is 2.73 bits per heavy atom. The predicted molar refractivity (Wildman–Crippen MR) is 117 cm³/mol. The summed E-state index contributed by atoms with van der Waals surface area (Å²) in [6.07, 6.45) is 1.02. The molecule has 13 nitrogen and oxygen atoms in total. The second-order valence-electron chi connectivity index (χ2n) is 7.48. The standard InChI is InChI=1S/C18H20N6O7S2/c19-17-21-9(6-33-17)10(23-31-3-7-1-2-7)13(25)22-11-14(26)24-12(16(27)28)8(4-30-18(20)29)5-32-15(11)24/h6-7,11,15H,1-5H2,(H2,19,21)(H2,20,29)(H,22,25)(H,27,28)/b23-10-/t11-,15-/m1/s1. The molecule has 1 saturated carbocycles. The van der Waals surface area contributed by atoms with Gasteiger partial charge in [-0.25, -0.2) is 14.6 Å². The third-order valence-electron chi connectivity index (χ3n) is 5.07. The van der Waals surface area contributed by atoms with Crippen molar-refractivity contribution in [1.82, 2.24) is 15.2 Å². The van der Waals surface area contributed by atoms with Crippen molar-refractivity contribution in [3.63, 3.8) is 0 Å². The minimum Gasteiger partial charge on any atom is -0.477 e. The fourth-order valence-electron chi connectivity index (χ4n) is 3.25. The number of thioether (sulfide) groups is 1. The van der Waals surface area contributed by atoms with Gasteiger partial charge in [0.15, 0.2) is 10.8 Å². The van der Waals surface area contributed by atoms with E-state index in [9.17, 15) is 24.3 Å². The van der Waals surface area contributed by atoms with Crippen molar-refractivity contribution in [2.24, 2.45) is 16.8 Å². The largest absolute Gasteiger partial charge is 0.477 e. The minimum absolute atomic E-state index is 0.125. The zero-order chi connectivity index (χ0) is 23.7. The van der Waals surface area contributed by atoms with Gasteiger partial charge in [-0.15, -0.1) is 23.1 Å². The Labute approximate surface area is 195 Å². The van der Waals surface area contributed by atoms with E-state index in [1.807, 2.05) is 0 Å². The molecule has 4 rings (SSSR count). The molecule has 6 N–H and O–H groups in total. The number of oxime groups is 1. The van der Waals surface area contributed by atoms with E-state index in [2.05, 4.69) is 20.2 Å². The molecule has 2 fully saturated rings. The number of fused-ring (bicyclic) bond motifs is 1. The topological polar surface area (TPSA) is 200 Å². The number of ether oxygens (including phenoxy) is 1. The lowest BCUT2D eigenvalue weighted by Crippen LogP contribution is -2.71. The van der Waals surface area contributed by atoms with Gasteiger partial charge in [0.25, 0.3) is 11.8 Å². The van der Waals surface area contributed by atoms with Crippen molar-refractivity contribution in [2.75, 3.05) is 24.7 Å². The molecule has 1 aromatic rings. The average Bonchev–Trinajstić information content (AvgIpc) is 3.50. The molecule has 1 saturated heterocycles. The van der Waals surface area contributed by atoms with Crippen LogP contribution in [0.3, 0.4) is 0 Å². The second kappa shape index (κ2) is 9.27. The van der Waals surface area contributed by atoms with Gasteiger partial charge in [0.05, 0.1) is 0 Å². The van der Waals surface area contributed by atoms with Gasteiger partial charge in [-0.3, -0.25) is 14.5 Å². The van der Waals surface area contributed by atoms with Gasteiger partial charge in [0, 0.05) is 16.7 Å². The normalized spacial score (nSPS) is 22.4. The summed E-state index contributed by atoms with van der Waals surface area (Å²) in [4.78, 5) is 58.8. The van der Waals surface area contributed by atoms with Crippen LogP contribution in [0.15, 0.2) is 21.8 Å². The Morgan fingerprint density at radius 2 is 2.12 bits per heavy atom. The number of carboxylic acids is 1. The molecule has 3 heterocycles. The van der Waals surface area contributed by atoms with Crippen LogP contribution in [0.5, 0.6) is 0 Å². The maximum atomic E-state index is 12.9. The minimum atomic E-state index is -1.35. The van der Waals surface area contributed by atoms with Crippen molar-refractivity contribution >= 4 is 57.8 Å². The van der Waals surface area contributed by atoms with E-state index in [0.717, 1.165) is 29.1 Å². The monoisotopic (exact) mass is 496 g/mol. The summed E-state index contributed by atoms with van der Waals surface area (Å²) in [6.45, 7) is 0.0197. The van der Waals surface area contributed by atoms with Crippen LogP contribution < -0.4 is 16.8 Å². The second-order valence-corrected chi connectivity index (χ2v) is 9.47. The molecule has 0 bridgehead atoms. The summed E-state index contributed by atoms with van der Waals surface area (Å²) in [5.74, 6) is -2.09. The summed E-state index contributed by atoms with van der Waals surface area (Å²) in [5, 5.41) is 17.2. The Bertz CT molecular complexity index is 1070. The van der Waals surface area contributed by atoms with E-state index < -0.39 is 35.3 Å². The van der Waals surface area contributed by atoms with Crippen LogP contribution in [-0.2, 0) is 24.0 Å². The number of amides is 3. The highest BCUT2D eigenvalue weighted by Crippen LogP contribution is 2.40. The van der Waals surface area contributed by atoms with Crippen LogP contribution in [0.1, 0.15) is 18.5 Å². The zero-order valence-electron chi connectivity index (χ0n) is 17.1. The summed E-state index contributed by atoms with van der Waals surface area (Å²) >= 11 is 2.35. The number of rotatable bonds is 9. The van der Waals surface area contributed by atoms with Crippen molar-refractivity contribution in [2.45, 2.75) is 24.3 Å². The molecule has 15 heteroatoms. The molecule has 3 aliphatic rings. The first kappa shape index (κ1) is 22.8. The SMILES string of the molecule is NC(=O)OCC1=C(C(=O)O)N2C(=O)[C@@H](NC(=O)/C(=N\OCC3CC3)c3csc(N)n3)[C@H]2SC1. The summed E-state index contributed by atoms with van der Waals surface area (Å²) in [7, 11) is 0. The molecule has 0 spiro atoms. The van der Waals surface area contributed by atoms with Crippen molar-refractivity contribution in [3.05, 3.63) is 22.3 Å². The number of primary amides is 1. The highest BCUT2D eigenvalue weighted by atomic mass is 32.2. The highest BCUT2D eigenvalue weighted by molar-refractivity contribution is 8.00. The molecule has 0 radical (unpaired) electrons. The van der Waals surface area contributed by atoms with E-state index >= 15 is 0 Å². The van der Waals surface area contributed by atoms with Gasteiger partial charge in [-0.05, 0) is 18.8 Å². The molecule has 1 aromatic heterocycles. The van der Waals surface area contributed by atoms with Gasteiger partial charge in [-0.2, -0.15) is 0 Å². The Morgan fingerprint density at radius 1 is 1.36 bits per heavy atom. The lowest BCUT2D eigenvalue weighted by Gasteiger charge is -2.49. The molecule has 2 atom stereocenters. The molecule has 2 aliphatic heterocycles. The quantitative estimate of drug-likeness (QED) is 0.200. The Hall–Kier alpha value is -3.33. The first-order valence-corrected chi connectivity index (χ1v) is 11.7. The molecule has 1 aliphatic carbocycles. The number of aromatic nitrogens is 1. The van der Waals surface area contributed by atoms with Crippen molar-refractivity contribution < 1.29 is 33.9 Å². The van der Waals surface area contributed by atoms with Gasteiger partial charge >= 0.3 is 12.1 Å². The number of hydrogen-bond acceptors (Lipinski definition) is 11. The van der Waals surface area contributed by atoms with Crippen LogP contribution in [0.2, 0.25) is 0 Å². The zero-order valence-corrected chi connectivity index (χ0v) is 18.7. The van der Waals surface area contributed by atoms with Gasteiger partial charge in [0.2, 0.25) is 0 Å².